The number of hydrogen-bond acceptors (Lipinski definition) is 3. The molecule has 0 amide bonds. The van der Waals surface area contributed by atoms with Crippen LogP contribution in [0.15, 0.2) is 24.3 Å². The molecule has 3 rings (SSSR count). The van der Waals surface area contributed by atoms with Crippen molar-refractivity contribution in [2.24, 2.45) is 0 Å². The van der Waals surface area contributed by atoms with Gasteiger partial charge in [0.25, 0.3) is 0 Å². The minimum Gasteiger partial charge on any atom is -0.381 e. The van der Waals surface area contributed by atoms with Gasteiger partial charge in [0.05, 0.1) is 11.4 Å². The third-order valence-corrected chi connectivity index (χ3v) is 4.97. The minimum atomic E-state index is 0.628. The van der Waals surface area contributed by atoms with Crippen LogP contribution in [0.4, 0.5) is 11.4 Å². The molecule has 0 unspecified atom stereocenters. The number of benzene rings is 1. The molecule has 1 aromatic carbocycles. The fourth-order valence-electron chi connectivity index (χ4n) is 3.61. The van der Waals surface area contributed by atoms with Gasteiger partial charge in [0.2, 0.25) is 0 Å². The maximum Gasteiger partial charge on any atom is 0.0602 e. The van der Waals surface area contributed by atoms with E-state index in [-0.39, 0.29) is 0 Å². The van der Waals surface area contributed by atoms with Gasteiger partial charge in [0.15, 0.2) is 0 Å². The predicted octanol–water partition coefficient (Wildman–Crippen LogP) is 3.57. The van der Waals surface area contributed by atoms with Gasteiger partial charge in [-0.1, -0.05) is 12.1 Å². The molecule has 0 radical (unpaired) electrons. The SMILES string of the molecule is CC(C)N1CCC(Nc2ccccc2N2CCCC2)CC1. The number of nitrogens with one attached hydrogen (secondary N) is 1. The Morgan fingerprint density at radius 1 is 1.00 bits per heavy atom. The molecule has 0 saturated carbocycles. The van der Waals surface area contributed by atoms with Gasteiger partial charge in [-0.3, -0.25) is 0 Å². The summed E-state index contributed by atoms with van der Waals surface area (Å²) in [4.78, 5) is 5.12. The first-order chi connectivity index (χ1) is 10.2. The lowest BCUT2D eigenvalue weighted by molar-refractivity contribution is 0.177. The van der Waals surface area contributed by atoms with Crippen LogP contribution >= 0.6 is 0 Å². The first kappa shape index (κ1) is 14.7. The maximum absolute atomic E-state index is 3.82. The highest BCUT2D eigenvalue weighted by molar-refractivity contribution is 5.70. The standard InChI is InChI=1S/C18H29N3/c1-15(2)20-13-9-16(10-14-20)19-17-7-3-4-8-18(17)21-11-5-6-12-21/h3-4,7-8,15-16,19H,5-6,9-14H2,1-2H3. The molecule has 1 N–H and O–H groups in total. The number of para-hydroxylation sites is 2. The third-order valence-electron chi connectivity index (χ3n) is 4.97. The van der Waals surface area contributed by atoms with Crippen molar-refractivity contribution < 1.29 is 0 Å². The van der Waals surface area contributed by atoms with Crippen molar-refractivity contribution in [2.45, 2.75) is 51.6 Å². The molecule has 3 nitrogen and oxygen atoms in total. The van der Waals surface area contributed by atoms with Crippen LogP contribution in [0.1, 0.15) is 39.5 Å². The number of anilines is 2. The Labute approximate surface area is 129 Å². The first-order valence-electron chi connectivity index (χ1n) is 8.58. The lowest BCUT2D eigenvalue weighted by Gasteiger charge is -2.36. The Morgan fingerprint density at radius 2 is 1.67 bits per heavy atom. The summed E-state index contributed by atoms with van der Waals surface area (Å²) < 4.78 is 0. The molecule has 1 aromatic rings. The average molecular weight is 287 g/mol. The Bertz CT molecular complexity index is 444. The van der Waals surface area contributed by atoms with Crippen molar-refractivity contribution in [1.82, 2.24) is 4.90 Å². The predicted molar refractivity (Wildman–Crippen MR) is 91.2 cm³/mol. The second-order valence-corrected chi connectivity index (χ2v) is 6.76. The fraction of sp³-hybridized carbons (Fsp3) is 0.667. The summed E-state index contributed by atoms with van der Waals surface area (Å²) in [6.45, 7) is 9.48. The van der Waals surface area contributed by atoms with Gasteiger partial charge < -0.3 is 15.1 Å². The quantitative estimate of drug-likeness (QED) is 0.913. The number of rotatable bonds is 4. The van der Waals surface area contributed by atoms with Crippen molar-refractivity contribution in [1.29, 1.82) is 0 Å². The van der Waals surface area contributed by atoms with E-state index in [0.717, 1.165) is 0 Å². The van der Waals surface area contributed by atoms with Gasteiger partial charge in [0, 0.05) is 38.3 Å². The van der Waals surface area contributed by atoms with Crippen LogP contribution < -0.4 is 10.2 Å². The molecule has 2 fully saturated rings. The van der Waals surface area contributed by atoms with Crippen molar-refractivity contribution in [3.63, 3.8) is 0 Å². The van der Waals surface area contributed by atoms with Crippen LogP contribution in [0.5, 0.6) is 0 Å². The molecular formula is C18H29N3. The third kappa shape index (κ3) is 3.52. The monoisotopic (exact) mass is 287 g/mol. The highest BCUT2D eigenvalue weighted by atomic mass is 15.2. The fourth-order valence-corrected chi connectivity index (χ4v) is 3.61. The van der Waals surface area contributed by atoms with Gasteiger partial charge in [-0.25, -0.2) is 0 Å². The van der Waals surface area contributed by atoms with Gasteiger partial charge in [-0.05, 0) is 51.7 Å². The summed E-state index contributed by atoms with van der Waals surface area (Å²) in [5.41, 5.74) is 2.74. The van der Waals surface area contributed by atoms with Gasteiger partial charge in [-0.2, -0.15) is 0 Å². The molecule has 0 spiro atoms. The van der Waals surface area contributed by atoms with Gasteiger partial charge in [0.1, 0.15) is 0 Å². The smallest absolute Gasteiger partial charge is 0.0602 e. The van der Waals surface area contributed by atoms with Crippen molar-refractivity contribution in [3.8, 4) is 0 Å². The largest absolute Gasteiger partial charge is 0.381 e. The normalized spacial score (nSPS) is 21.2. The van der Waals surface area contributed by atoms with Gasteiger partial charge >= 0.3 is 0 Å². The van der Waals surface area contributed by atoms with Crippen molar-refractivity contribution in [2.75, 3.05) is 36.4 Å². The van der Waals surface area contributed by atoms with Crippen molar-refractivity contribution >= 4 is 11.4 Å². The van der Waals surface area contributed by atoms with Crippen molar-refractivity contribution in [3.05, 3.63) is 24.3 Å². The van der Waals surface area contributed by atoms with E-state index in [1.54, 1.807) is 0 Å². The zero-order valence-electron chi connectivity index (χ0n) is 13.5. The van der Waals surface area contributed by atoms with E-state index >= 15 is 0 Å². The van der Waals surface area contributed by atoms with Crippen LogP contribution in [0.2, 0.25) is 0 Å². The summed E-state index contributed by atoms with van der Waals surface area (Å²) in [6.07, 6.45) is 5.18. The zero-order valence-corrected chi connectivity index (χ0v) is 13.5. The van der Waals surface area contributed by atoms with E-state index < -0.39 is 0 Å². The number of piperidine rings is 1. The maximum atomic E-state index is 3.82. The first-order valence-corrected chi connectivity index (χ1v) is 8.58. The lowest BCUT2D eigenvalue weighted by Crippen LogP contribution is -2.42. The van der Waals surface area contributed by atoms with Crippen LogP contribution in [0.3, 0.4) is 0 Å². The molecule has 2 heterocycles. The van der Waals surface area contributed by atoms with Gasteiger partial charge in [-0.15, -0.1) is 0 Å². The molecule has 116 valence electrons. The molecule has 0 atom stereocenters. The molecule has 0 bridgehead atoms. The Hall–Kier alpha value is -1.22. The second-order valence-electron chi connectivity index (χ2n) is 6.76. The Morgan fingerprint density at radius 3 is 2.33 bits per heavy atom. The van der Waals surface area contributed by atoms with Crippen LogP contribution in [-0.4, -0.2) is 43.2 Å². The molecule has 2 aliphatic heterocycles. The zero-order chi connectivity index (χ0) is 14.7. The van der Waals surface area contributed by atoms with E-state index in [9.17, 15) is 0 Å². The van der Waals surface area contributed by atoms with E-state index in [1.165, 1.54) is 63.2 Å². The summed E-state index contributed by atoms with van der Waals surface area (Å²) in [5.74, 6) is 0. The molecule has 3 heteroatoms. The van der Waals surface area contributed by atoms with Crippen LogP contribution in [0.25, 0.3) is 0 Å². The summed E-state index contributed by atoms with van der Waals surface area (Å²) in [6, 6.07) is 10.2. The van der Waals surface area contributed by atoms with E-state index in [0.29, 0.717) is 12.1 Å². The van der Waals surface area contributed by atoms with Crippen LogP contribution in [-0.2, 0) is 0 Å². The topological polar surface area (TPSA) is 18.5 Å². The molecule has 0 aliphatic carbocycles. The molecule has 0 aromatic heterocycles. The number of likely N-dealkylation sites (tertiary alicyclic amines) is 1. The summed E-state index contributed by atoms with van der Waals surface area (Å²) in [5, 5.41) is 3.82. The van der Waals surface area contributed by atoms with Crippen LogP contribution in [0, 0.1) is 0 Å². The van der Waals surface area contributed by atoms with E-state index in [1.807, 2.05) is 0 Å². The molecule has 21 heavy (non-hydrogen) atoms. The average Bonchev–Trinajstić information content (AvgIpc) is 3.02. The summed E-state index contributed by atoms with van der Waals surface area (Å²) >= 11 is 0. The second kappa shape index (κ2) is 6.69. The Kier molecular flexibility index (Phi) is 4.69. The highest BCUT2D eigenvalue weighted by Gasteiger charge is 2.22. The lowest BCUT2D eigenvalue weighted by atomic mass is 10.0. The molecule has 2 saturated heterocycles. The Balaban J connectivity index is 1.63. The number of nitrogens with zero attached hydrogens (tertiary/aromatic N) is 2. The van der Waals surface area contributed by atoms with E-state index in [2.05, 4.69) is 53.2 Å². The summed E-state index contributed by atoms with van der Waals surface area (Å²) in [7, 11) is 0. The number of hydrogen-bond donors (Lipinski definition) is 1. The molecule has 2 aliphatic rings. The molecular weight excluding hydrogens is 258 g/mol. The minimum absolute atomic E-state index is 0.628. The highest BCUT2D eigenvalue weighted by Crippen LogP contribution is 2.30. The van der Waals surface area contributed by atoms with E-state index in [4.69, 9.17) is 0 Å².